The van der Waals surface area contributed by atoms with E-state index in [2.05, 4.69) is 0 Å². The Morgan fingerprint density at radius 3 is 2.84 bits per heavy atom. The molecule has 1 aliphatic heterocycles. The summed E-state index contributed by atoms with van der Waals surface area (Å²) in [5.41, 5.74) is -2.49. The summed E-state index contributed by atoms with van der Waals surface area (Å²) in [5.74, 6) is -1.01. The fraction of sp³-hybridized carbons (Fsp3) is 0.667. The van der Waals surface area contributed by atoms with Gasteiger partial charge in [-0.15, -0.1) is 0 Å². The molecule has 0 aromatic carbocycles. The number of aromatic amines is 1. The lowest BCUT2D eigenvalue weighted by molar-refractivity contribution is -0.113. The van der Waals surface area contributed by atoms with E-state index in [1.54, 1.807) is 0 Å². The van der Waals surface area contributed by atoms with E-state index in [0.717, 1.165) is 10.8 Å². The summed E-state index contributed by atoms with van der Waals surface area (Å²) in [6, 6.07) is 0. The van der Waals surface area contributed by atoms with Crippen LogP contribution in [0.15, 0.2) is 15.8 Å². The third-order valence-corrected chi connectivity index (χ3v) is 3.92. The van der Waals surface area contributed by atoms with Crippen molar-refractivity contribution in [1.82, 2.24) is 9.55 Å². The number of aliphatic hydroxyl groups is 1. The molecule has 1 fully saturated rings. The molecule has 1 aromatic rings. The second-order valence-corrected chi connectivity index (χ2v) is 4.93. The van der Waals surface area contributed by atoms with E-state index in [4.69, 9.17) is 4.74 Å². The Bertz CT molecular complexity index is 576. The number of hydrogen-bond acceptors (Lipinski definition) is 4. The van der Waals surface area contributed by atoms with E-state index >= 15 is 0 Å². The molecule has 7 heteroatoms. The standard InChI is InChI=1S/C12H17FN2O4/c1-3-12(6-16)7(2)4-9(19-12)15-5-8(13)10(17)14-11(15)18/h5,7,9,16H,3-4,6H2,1-2H3,(H,14,17,18)/t7-,9+,12+/m0/s1. The summed E-state index contributed by atoms with van der Waals surface area (Å²) >= 11 is 0. The molecule has 0 spiro atoms. The highest BCUT2D eigenvalue weighted by molar-refractivity contribution is 4.95. The van der Waals surface area contributed by atoms with Crippen LogP contribution in [0.25, 0.3) is 0 Å². The Morgan fingerprint density at radius 2 is 2.32 bits per heavy atom. The average molecular weight is 272 g/mol. The van der Waals surface area contributed by atoms with Crippen molar-refractivity contribution in [3.05, 3.63) is 32.9 Å². The van der Waals surface area contributed by atoms with Crippen molar-refractivity contribution < 1.29 is 14.2 Å². The maximum absolute atomic E-state index is 13.3. The zero-order valence-corrected chi connectivity index (χ0v) is 10.9. The van der Waals surface area contributed by atoms with Crippen molar-refractivity contribution in [1.29, 1.82) is 0 Å². The Labute approximate surface area is 108 Å². The molecule has 1 aliphatic rings. The molecule has 0 radical (unpaired) electrons. The number of nitrogens with zero attached hydrogens (tertiary/aromatic N) is 1. The summed E-state index contributed by atoms with van der Waals surface area (Å²) in [6.45, 7) is 3.62. The molecule has 1 aromatic heterocycles. The molecule has 1 saturated heterocycles. The van der Waals surface area contributed by atoms with Crippen molar-refractivity contribution in [2.24, 2.45) is 5.92 Å². The number of rotatable bonds is 3. The molecule has 0 amide bonds. The molecule has 2 heterocycles. The van der Waals surface area contributed by atoms with Crippen LogP contribution in [0.1, 0.15) is 32.9 Å². The zero-order chi connectivity index (χ0) is 14.2. The average Bonchev–Trinajstić information content (AvgIpc) is 2.71. The molecular formula is C12H17FN2O4. The van der Waals surface area contributed by atoms with Crippen LogP contribution in [0, 0.1) is 11.7 Å². The lowest BCUT2D eigenvalue weighted by atomic mass is 9.87. The highest BCUT2D eigenvalue weighted by atomic mass is 19.1. The topological polar surface area (TPSA) is 84.3 Å². The molecular weight excluding hydrogens is 255 g/mol. The summed E-state index contributed by atoms with van der Waals surface area (Å²) in [7, 11) is 0. The molecule has 0 aliphatic carbocycles. The van der Waals surface area contributed by atoms with E-state index in [0.29, 0.717) is 12.8 Å². The van der Waals surface area contributed by atoms with Crippen LogP contribution in [0.2, 0.25) is 0 Å². The first-order chi connectivity index (χ1) is 8.93. The highest BCUT2D eigenvalue weighted by Crippen LogP contribution is 2.42. The Kier molecular flexibility index (Phi) is 3.60. The summed E-state index contributed by atoms with van der Waals surface area (Å²) in [5, 5.41) is 9.48. The number of ether oxygens (including phenoxy) is 1. The van der Waals surface area contributed by atoms with Gasteiger partial charge in [0.2, 0.25) is 5.82 Å². The van der Waals surface area contributed by atoms with Gasteiger partial charge in [0, 0.05) is 0 Å². The molecule has 0 unspecified atom stereocenters. The fourth-order valence-electron chi connectivity index (χ4n) is 2.53. The SMILES string of the molecule is CC[C@]1(CO)O[C@@H](n2cc(F)c(=O)[nH]c2=O)C[C@@H]1C. The molecule has 19 heavy (non-hydrogen) atoms. The Hall–Kier alpha value is -1.47. The third kappa shape index (κ3) is 2.23. The number of aliphatic hydroxyl groups excluding tert-OH is 1. The molecule has 2 rings (SSSR count). The smallest absolute Gasteiger partial charge is 0.330 e. The van der Waals surface area contributed by atoms with Crippen molar-refractivity contribution >= 4 is 0 Å². The zero-order valence-electron chi connectivity index (χ0n) is 10.9. The van der Waals surface area contributed by atoms with Crippen LogP contribution < -0.4 is 11.2 Å². The van der Waals surface area contributed by atoms with Gasteiger partial charge in [-0.1, -0.05) is 13.8 Å². The lowest BCUT2D eigenvalue weighted by Crippen LogP contribution is -2.39. The van der Waals surface area contributed by atoms with E-state index in [1.807, 2.05) is 18.8 Å². The van der Waals surface area contributed by atoms with Gasteiger partial charge in [-0.2, -0.15) is 4.39 Å². The van der Waals surface area contributed by atoms with E-state index < -0.39 is 28.9 Å². The second-order valence-electron chi connectivity index (χ2n) is 4.93. The van der Waals surface area contributed by atoms with Crippen molar-refractivity contribution in [2.45, 2.75) is 38.5 Å². The normalized spacial score (nSPS) is 30.7. The molecule has 2 N–H and O–H groups in total. The van der Waals surface area contributed by atoms with Gasteiger partial charge >= 0.3 is 5.69 Å². The van der Waals surface area contributed by atoms with Crippen LogP contribution in [-0.2, 0) is 4.74 Å². The summed E-state index contributed by atoms with van der Waals surface area (Å²) in [6.07, 6.45) is 1.23. The summed E-state index contributed by atoms with van der Waals surface area (Å²) in [4.78, 5) is 24.6. The van der Waals surface area contributed by atoms with Gasteiger partial charge in [0.15, 0.2) is 0 Å². The van der Waals surface area contributed by atoms with Crippen LogP contribution in [-0.4, -0.2) is 26.9 Å². The van der Waals surface area contributed by atoms with Gasteiger partial charge in [-0.05, 0) is 18.8 Å². The van der Waals surface area contributed by atoms with Crippen molar-refractivity contribution in [3.8, 4) is 0 Å². The number of aromatic nitrogens is 2. The fourth-order valence-corrected chi connectivity index (χ4v) is 2.53. The number of nitrogens with one attached hydrogen (secondary N) is 1. The van der Waals surface area contributed by atoms with Crippen molar-refractivity contribution in [2.75, 3.05) is 6.61 Å². The number of H-pyrrole nitrogens is 1. The van der Waals surface area contributed by atoms with Gasteiger partial charge < -0.3 is 9.84 Å². The van der Waals surface area contributed by atoms with Gasteiger partial charge in [0.1, 0.15) is 6.23 Å². The quantitative estimate of drug-likeness (QED) is 0.832. The minimum atomic E-state index is -1.05. The lowest BCUT2D eigenvalue weighted by Gasteiger charge is -2.29. The maximum Gasteiger partial charge on any atom is 0.330 e. The van der Waals surface area contributed by atoms with Crippen LogP contribution >= 0.6 is 0 Å². The van der Waals surface area contributed by atoms with Crippen molar-refractivity contribution in [3.63, 3.8) is 0 Å². The van der Waals surface area contributed by atoms with Crippen LogP contribution in [0.3, 0.4) is 0 Å². The van der Waals surface area contributed by atoms with Crippen LogP contribution in [0.4, 0.5) is 4.39 Å². The monoisotopic (exact) mass is 272 g/mol. The Balaban J connectivity index is 2.38. The van der Waals surface area contributed by atoms with Gasteiger partial charge in [-0.25, -0.2) is 4.79 Å². The summed E-state index contributed by atoms with van der Waals surface area (Å²) < 4.78 is 20.0. The van der Waals surface area contributed by atoms with E-state index in [9.17, 15) is 19.1 Å². The van der Waals surface area contributed by atoms with E-state index in [1.165, 1.54) is 0 Å². The molecule has 3 atom stereocenters. The highest BCUT2D eigenvalue weighted by Gasteiger charge is 2.45. The molecule has 0 bridgehead atoms. The second kappa shape index (κ2) is 4.90. The van der Waals surface area contributed by atoms with Gasteiger partial charge in [0.25, 0.3) is 5.56 Å². The first kappa shape index (κ1) is 14.0. The van der Waals surface area contributed by atoms with Gasteiger partial charge in [-0.3, -0.25) is 14.3 Å². The first-order valence-electron chi connectivity index (χ1n) is 6.23. The van der Waals surface area contributed by atoms with Crippen LogP contribution in [0.5, 0.6) is 0 Å². The minimum Gasteiger partial charge on any atom is -0.393 e. The number of hydrogen-bond donors (Lipinski definition) is 2. The molecule has 0 saturated carbocycles. The first-order valence-corrected chi connectivity index (χ1v) is 6.23. The Morgan fingerprint density at radius 1 is 1.63 bits per heavy atom. The van der Waals surface area contributed by atoms with E-state index in [-0.39, 0.29) is 12.5 Å². The largest absolute Gasteiger partial charge is 0.393 e. The predicted molar refractivity (Wildman–Crippen MR) is 65.3 cm³/mol. The molecule has 6 nitrogen and oxygen atoms in total. The maximum atomic E-state index is 13.3. The predicted octanol–water partition coefficient (Wildman–Crippen LogP) is 0.372. The third-order valence-electron chi connectivity index (χ3n) is 3.92. The molecule has 106 valence electrons. The minimum absolute atomic E-state index is 0.0226. The van der Waals surface area contributed by atoms with Gasteiger partial charge in [0.05, 0.1) is 18.4 Å². The number of halogens is 1.